The monoisotopic (exact) mass is 420 g/mol. The van der Waals surface area contributed by atoms with Crippen molar-refractivity contribution in [3.05, 3.63) is 52.7 Å². The van der Waals surface area contributed by atoms with Gasteiger partial charge in [-0.1, -0.05) is 6.07 Å². The van der Waals surface area contributed by atoms with E-state index in [0.29, 0.717) is 18.5 Å². The minimum absolute atomic E-state index is 0.166. The number of imidazole rings is 1. The maximum absolute atomic E-state index is 12.9. The molecule has 3 aromatic rings. The van der Waals surface area contributed by atoms with Crippen LogP contribution in [0.5, 0.6) is 0 Å². The molecule has 152 valence electrons. The van der Waals surface area contributed by atoms with E-state index in [9.17, 15) is 14.4 Å². The van der Waals surface area contributed by atoms with Crippen molar-refractivity contribution >= 4 is 29.1 Å². The number of imide groups is 1. The van der Waals surface area contributed by atoms with Crippen molar-refractivity contribution in [1.29, 1.82) is 0 Å². The molecule has 2 aliphatic rings. The first-order valence-electron chi connectivity index (χ1n) is 9.77. The van der Waals surface area contributed by atoms with E-state index in [1.54, 1.807) is 22.6 Å². The highest BCUT2D eigenvalue weighted by molar-refractivity contribution is 7.13. The number of hydrogen-bond acceptors (Lipinski definition) is 5. The first kappa shape index (κ1) is 18.7. The van der Waals surface area contributed by atoms with E-state index in [1.165, 1.54) is 5.56 Å². The van der Waals surface area contributed by atoms with Crippen LogP contribution in [-0.4, -0.2) is 38.2 Å². The summed E-state index contributed by atoms with van der Waals surface area (Å²) in [6, 6.07) is 7.26. The van der Waals surface area contributed by atoms with Crippen LogP contribution in [0.25, 0.3) is 21.8 Å². The fraction of sp³-hybridized carbons (Fsp3) is 0.273. The molecule has 0 radical (unpaired) electrons. The van der Waals surface area contributed by atoms with Crippen LogP contribution in [-0.2, 0) is 23.2 Å². The molecule has 1 atom stereocenters. The second-order valence-corrected chi connectivity index (χ2v) is 8.72. The molecule has 2 aliphatic heterocycles. The lowest BCUT2D eigenvalue weighted by Crippen LogP contribution is -2.52. The zero-order valence-corrected chi connectivity index (χ0v) is 17.5. The van der Waals surface area contributed by atoms with E-state index >= 15 is 0 Å². The molecule has 2 aromatic heterocycles. The van der Waals surface area contributed by atoms with E-state index in [-0.39, 0.29) is 18.2 Å². The Labute approximate surface area is 177 Å². The fourth-order valence-electron chi connectivity index (χ4n) is 4.21. The van der Waals surface area contributed by atoms with Crippen molar-refractivity contribution in [1.82, 2.24) is 19.8 Å². The molecule has 0 aliphatic carbocycles. The van der Waals surface area contributed by atoms with Gasteiger partial charge in [0.2, 0.25) is 11.8 Å². The average molecular weight is 420 g/mol. The van der Waals surface area contributed by atoms with Crippen molar-refractivity contribution in [2.24, 2.45) is 7.05 Å². The van der Waals surface area contributed by atoms with Crippen LogP contribution in [0.3, 0.4) is 0 Å². The summed E-state index contributed by atoms with van der Waals surface area (Å²) >= 11 is 1.68. The second kappa shape index (κ2) is 6.91. The standard InChI is InChI=1S/C22H20N4O3S/c1-12-7-17(30-10-12)20-19(23-11-25(20)2)13-3-4-15-14(8-13)9-26(22(15)29)16-5-6-18(27)24-21(16)28/h3-4,7-8,10-11,16H,5-6,9H2,1-2H3,(H,24,27,28). The van der Waals surface area contributed by atoms with Gasteiger partial charge in [-0.05, 0) is 48.1 Å². The summed E-state index contributed by atoms with van der Waals surface area (Å²) in [5.41, 5.74) is 5.54. The largest absolute Gasteiger partial charge is 0.333 e. The number of aryl methyl sites for hydroxylation is 2. The molecule has 8 heteroatoms. The normalized spacial score (nSPS) is 18.7. The Morgan fingerprint density at radius 3 is 2.77 bits per heavy atom. The molecule has 1 unspecified atom stereocenters. The lowest BCUT2D eigenvalue weighted by molar-refractivity contribution is -0.136. The third-order valence-electron chi connectivity index (χ3n) is 5.70. The van der Waals surface area contributed by atoms with Crippen molar-refractivity contribution in [2.75, 3.05) is 0 Å². The van der Waals surface area contributed by atoms with Crippen LogP contribution in [0.1, 0.15) is 34.3 Å². The Morgan fingerprint density at radius 1 is 1.20 bits per heavy atom. The van der Waals surface area contributed by atoms with Crippen molar-refractivity contribution < 1.29 is 14.4 Å². The lowest BCUT2D eigenvalue weighted by Gasteiger charge is -2.29. The highest BCUT2D eigenvalue weighted by Crippen LogP contribution is 2.37. The van der Waals surface area contributed by atoms with Crippen LogP contribution in [0, 0.1) is 6.92 Å². The van der Waals surface area contributed by atoms with Gasteiger partial charge in [0, 0.05) is 31.1 Å². The predicted octanol–water partition coefficient (Wildman–Crippen LogP) is 2.89. The molecule has 3 amide bonds. The van der Waals surface area contributed by atoms with Gasteiger partial charge in [-0.15, -0.1) is 11.3 Å². The maximum Gasteiger partial charge on any atom is 0.255 e. The molecular weight excluding hydrogens is 400 g/mol. The SMILES string of the molecule is Cc1csc(-c2c(-c3ccc4c(c3)CN(C3CCC(=O)NC3=O)C4=O)ncn2C)c1. The Morgan fingerprint density at radius 2 is 2.03 bits per heavy atom. The molecular formula is C22H20N4O3S. The summed E-state index contributed by atoms with van der Waals surface area (Å²) in [6.45, 7) is 2.43. The molecule has 7 nitrogen and oxygen atoms in total. The van der Waals surface area contributed by atoms with Crippen LogP contribution in [0.2, 0.25) is 0 Å². The first-order chi connectivity index (χ1) is 14.4. The van der Waals surface area contributed by atoms with Gasteiger partial charge < -0.3 is 9.47 Å². The smallest absolute Gasteiger partial charge is 0.255 e. The number of carbonyl (C=O) groups is 3. The molecule has 0 saturated carbocycles. The molecule has 0 spiro atoms. The summed E-state index contributed by atoms with van der Waals surface area (Å²) in [5, 5.41) is 4.45. The van der Waals surface area contributed by atoms with Gasteiger partial charge in [-0.25, -0.2) is 4.98 Å². The number of benzene rings is 1. The molecule has 30 heavy (non-hydrogen) atoms. The number of carbonyl (C=O) groups excluding carboxylic acids is 3. The van der Waals surface area contributed by atoms with Gasteiger partial charge in [0.15, 0.2) is 0 Å². The number of thiophene rings is 1. The van der Waals surface area contributed by atoms with Gasteiger partial charge in [-0.2, -0.15) is 0 Å². The van der Waals surface area contributed by atoms with Crippen LogP contribution < -0.4 is 5.32 Å². The average Bonchev–Trinajstić information content (AvgIpc) is 3.39. The molecule has 0 bridgehead atoms. The van der Waals surface area contributed by atoms with Gasteiger partial charge >= 0.3 is 0 Å². The quantitative estimate of drug-likeness (QED) is 0.661. The summed E-state index contributed by atoms with van der Waals surface area (Å²) in [4.78, 5) is 43.9. The van der Waals surface area contributed by atoms with Crippen LogP contribution in [0.4, 0.5) is 0 Å². The van der Waals surface area contributed by atoms with Gasteiger partial charge in [0.25, 0.3) is 5.91 Å². The highest BCUT2D eigenvalue weighted by Gasteiger charge is 2.39. The van der Waals surface area contributed by atoms with E-state index in [2.05, 4.69) is 28.7 Å². The number of fused-ring (bicyclic) bond motifs is 1. The molecule has 1 saturated heterocycles. The second-order valence-electron chi connectivity index (χ2n) is 7.81. The molecule has 1 N–H and O–H groups in total. The Balaban J connectivity index is 1.49. The fourth-order valence-corrected chi connectivity index (χ4v) is 5.20. The minimum Gasteiger partial charge on any atom is -0.333 e. The van der Waals surface area contributed by atoms with Crippen molar-refractivity contribution in [3.63, 3.8) is 0 Å². The molecule has 1 fully saturated rings. The van der Waals surface area contributed by atoms with Gasteiger partial charge in [-0.3, -0.25) is 19.7 Å². The summed E-state index contributed by atoms with van der Waals surface area (Å²) < 4.78 is 2.01. The van der Waals surface area contributed by atoms with Gasteiger partial charge in [0.05, 0.1) is 22.6 Å². The molecule has 1 aromatic carbocycles. The Hall–Kier alpha value is -3.26. The summed E-state index contributed by atoms with van der Waals surface area (Å²) in [6.07, 6.45) is 2.41. The zero-order chi connectivity index (χ0) is 21.0. The number of aromatic nitrogens is 2. The zero-order valence-electron chi connectivity index (χ0n) is 16.6. The number of nitrogens with one attached hydrogen (secondary N) is 1. The third kappa shape index (κ3) is 2.95. The van der Waals surface area contributed by atoms with Crippen LogP contribution in [0.15, 0.2) is 36.0 Å². The van der Waals surface area contributed by atoms with E-state index < -0.39 is 11.9 Å². The highest BCUT2D eigenvalue weighted by atomic mass is 32.1. The number of piperidine rings is 1. The third-order valence-corrected chi connectivity index (χ3v) is 6.75. The predicted molar refractivity (Wildman–Crippen MR) is 113 cm³/mol. The first-order valence-corrected chi connectivity index (χ1v) is 10.6. The van der Waals surface area contributed by atoms with Crippen LogP contribution >= 0.6 is 11.3 Å². The number of amides is 3. The number of rotatable bonds is 3. The maximum atomic E-state index is 12.9. The molecule has 4 heterocycles. The Bertz CT molecular complexity index is 1210. The summed E-state index contributed by atoms with van der Waals surface area (Å²) in [7, 11) is 1.97. The number of nitrogens with zero attached hydrogens (tertiary/aromatic N) is 3. The van der Waals surface area contributed by atoms with Crippen molar-refractivity contribution in [2.45, 2.75) is 32.4 Å². The van der Waals surface area contributed by atoms with E-state index in [4.69, 9.17) is 0 Å². The molecule has 5 rings (SSSR count). The van der Waals surface area contributed by atoms with Crippen molar-refractivity contribution in [3.8, 4) is 21.8 Å². The Kier molecular flexibility index (Phi) is 4.32. The lowest BCUT2D eigenvalue weighted by atomic mass is 10.0. The van der Waals surface area contributed by atoms with E-state index in [1.807, 2.05) is 29.8 Å². The topological polar surface area (TPSA) is 84.3 Å². The van der Waals surface area contributed by atoms with Gasteiger partial charge in [0.1, 0.15) is 6.04 Å². The van der Waals surface area contributed by atoms with E-state index in [0.717, 1.165) is 27.4 Å². The number of hydrogen-bond donors (Lipinski definition) is 1. The summed E-state index contributed by atoms with van der Waals surface area (Å²) in [5.74, 6) is -0.844. The minimum atomic E-state index is -0.606.